The van der Waals surface area contributed by atoms with E-state index in [9.17, 15) is 19.7 Å². The van der Waals surface area contributed by atoms with Crippen LogP contribution in [0.5, 0.6) is 17.2 Å². The maximum atomic E-state index is 13.4. The van der Waals surface area contributed by atoms with Crippen molar-refractivity contribution in [3.05, 3.63) is 106 Å². The Bertz CT molecular complexity index is 1630. The van der Waals surface area contributed by atoms with Crippen LogP contribution in [-0.2, 0) is 9.59 Å². The first-order valence-corrected chi connectivity index (χ1v) is 11.9. The molecule has 0 bridgehead atoms. The Morgan fingerprint density at radius 2 is 1.64 bits per heavy atom. The molecule has 194 valence electrons. The number of nitrogens with zero attached hydrogens (tertiary/aromatic N) is 2. The van der Waals surface area contributed by atoms with E-state index in [0.29, 0.717) is 22.9 Å². The number of methoxy groups -OCH3 is 1. The van der Waals surface area contributed by atoms with Crippen LogP contribution in [-0.4, -0.2) is 29.0 Å². The number of carbonyl (C=O) groups is 2. The van der Waals surface area contributed by atoms with Crippen LogP contribution < -0.4 is 19.7 Å². The number of thiocarbonyl (C=S) groups is 1. The number of hydrogen-bond acceptors (Lipinski definition) is 8. The van der Waals surface area contributed by atoms with Crippen molar-refractivity contribution in [3.8, 4) is 28.6 Å². The van der Waals surface area contributed by atoms with Gasteiger partial charge >= 0.3 is 0 Å². The number of nitro groups is 1. The zero-order valence-electron chi connectivity index (χ0n) is 20.3. The van der Waals surface area contributed by atoms with Crippen LogP contribution in [0.4, 0.5) is 11.4 Å². The molecule has 0 atom stereocenters. The maximum absolute atomic E-state index is 13.4. The van der Waals surface area contributed by atoms with Gasteiger partial charge in [-0.3, -0.25) is 29.9 Å². The summed E-state index contributed by atoms with van der Waals surface area (Å²) < 4.78 is 16.6. The summed E-state index contributed by atoms with van der Waals surface area (Å²) in [6.07, 6.45) is 1.26. The number of nitrogens with one attached hydrogen (secondary N) is 1. The summed E-state index contributed by atoms with van der Waals surface area (Å²) in [6, 6.07) is 23.2. The van der Waals surface area contributed by atoms with Gasteiger partial charge in [-0.15, -0.1) is 0 Å². The molecule has 0 saturated carbocycles. The summed E-state index contributed by atoms with van der Waals surface area (Å²) in [5, 5.41) is 14.0. The van der Waals surface area contributed by atoms with Crippen molar-refractivity contribution in [2.45, 2.75) is 0 Å². The lowest BCUT2D eigenvalue weighted by molar-refractivity contribution is -0.384. The average molecular weight is 542 g/mol. The van der Waals surface area contributed by atoms with E-state index in [2.05, 4.69) is 5.32 Å². The molecule has 10 nitrogen and oxygen atoms in total. The van der Waals surface area contributed by atoms with E-state index in [1.54, 1.807) is 30.3 Å². The number of para-hydroxylation sites is 1. The molecule has 1 aliphatic heterocycles. The molecule has 2 heterocycles. The molecule has 0 aliphatic carbocycles. The number of amides is 2. The lowest BCUT2D eigenvalue weighted by atomic mass is 10.1. The second-order valence-electron chi connectivity index (χ2n) is 8.21. The quantitative estimate of drug-likeness (QED) is 0.107. The summed E-state index contributed by atoms with van der Waals surface area (Å²) in [5.41, 5.74) is 0.194. The highest BCUT2D eigenvalue weighted by Crippen LogP contribution is 2.35. The van der Waals surface area contributed by atoms with Gasteiger partial charge in [0.15, 0.2) is 5.11 Å². The smallest absolute Gasteiger partial charge is 0.284 e. The Morgan fingerprint density at radius 1 is 0.949 bits per heavy atom. The zero-order valence-corrected chi connectivity index (χ0v) is 21.1. The van der Waals surface area contributed by atoms with E-state index in [4.69, 9.17) is 26.1 Å². The minimum atomic E-state index is -0.696. The molecule has 5 rings (SSSR count). The molecule has 1 aromatic heterocycles. The molecule has 2 amide bonds. The molecule has 39 heavy (non-hydrogen) atoms. The minimum Gasteiger partial charge on any atom is -0.497 e. The predicted octanol–water partition coefficient (Wildman–Crippen LogP) is 5.49. The van der Waals surface area contributed by atoms with Crippen molar-refractivity contribution in [1.82, 2.24) is 5.32 Å². The van der Waals surface area contributed by atoms with Gasteiger partial charge in [-0.1, -0.05) is 18.2 Å². The van der Waals surface area contributed by atoms with Gasteiger partial charge in [-0.25, -0.2) is 0 Å². The Balaban J connectivity index is 1.41. The number of hydrogen-bond donors (Lipinski definition) is 1. The van der Waals surface area contributed by atoms with Crippen LogP contribution in [0, 0.1) is 10.1 Å². The minimum absolute atomic E-state index is 0.0760. The largest absolute Gasteiger partial charge is 0.497 e. The number of nitro benzene ring substituents is 1. The van der Waals surface area contributed by atoms with Gasteiger partial charge in [0.2, 0.25) is 0 Å². The first-order valence-electron chi connectivity index (χ1n) is 11.5. The van der Waals surface area contributed by atoms with Crippen LogP contribution in [0.3, 0.4) is 0 Å². The predicted molar refractivity (Wildman–Crippen MR) is 147 cm³/mol. The highest BCUT2D eigenvalue weighted by molar-refractivity contribution is 7.80. The molecule has 0 unspecified atom stereocenters. The Hall–Kier alpha value is -5.29. The summed E-state index contributed by atoms with van der Waals surface area (Å²) in [5.74, 6) is 0.502. The first-order chi connectivity index (χ1) is 18.8. The van der Waals surface area contributed by atoms with E-state index in [1.165, 1.54) is 42.4 Å². The monoisotopic (exact) mass is 541 g/mol. The molecule has 3 aromatic carbocycles. The van der Waals surface area contributed by atoms with Crippen molar-refractivity contribution < 1.29 is 28.4 Å². The van der Waals surface area contributed by atoms with Gasteiger partial charge in [0, 0.05) is 0 Å². The lowest BCUT2D eigenvalue weighted by Gasteiger charge is -2.28. The fourth-order valence-electron chi connectivity index (χ4n) is 3.90. The van der Waals surface area contributed by atoms with Crippen LogP contribution in [0.2, 0.25) is 0 Å². The summed E-state index contributed by atoms with van der Waals surface area (Å²) in [4.78, 5) is 38.2. The van der Waals surface area contributed by atoms with Crippen molar-refractivity contribution >= 4 is 46.6 Å². The van der Waals surface area contributed by atoms with E-state index in [0.717, 1.165) is 0 Å². The van der Waals surface area contributed by atoms with Gasteiger partial charge in [-0.2, -0.15) is 0 Å². The third-order valence-corrected chi connectivity index (χ3v) is 6.04. The molecule has 0 radical (unpaired) electrons. The Labute approximate surface area is 227 Å². The number of furan rings is 1. The van der Waals surface area contributed by atoms with Gasteiger partial charge in [0.1, 0.15) is 34.3 Å². The van der Waals surface area contributed by atoms with Crippen molar-refractivity contribution in [1.29, 1.82) is 0 Å². The number of carbonyl (C=O) groups excluding carboxylic acids is 2. The molecule has 4 aromatic rings. The third-order valence-electron chi connectivity index (χ3n) is 5.76. The zero-order chi connectivity index (χ0) is 27.5. The number of ether oxygens (including phenoxy) is 2. The molecule has 1 N–H and O–H groups in total. The van der Waals surface area contributed by atoms with Gasteiger partial charge in [-0.05, 0) is 79.0 Å². The standard InChI is InChI=1S/C28H19N3O7S/c1-36-20-11-13-22(24(16-20)31(34)35)25-14-12-21(38-25)15-23-26(32)29-28(39)30(27(23)33)17-7-9-19(10-8-17)37-18-5-3-2-4-6-18/h2-16H,1H3,(H,29,32,39)/b23-15+. The molecule has 1 fully saturated rings. The summed E-state index contributed by atoms with van der Waals surface area (Å²) >= 11 is 5.26. The topological polar surface area (TPSA) is 124 Å². The van der Waals surface area contributed by atoms with E-state index in [1.807, 2.05) is 30.3 Å². The molecule has 1 saturated heterocycles. The SMILES string of the molecule is COc1ccc(-c2ccc(/C=C3\C(=O)NC(=S)N(c4ccc(Oc5ccccc5)cc4)C3=O)o2)c([N+](=O)[O-])c1. The fourth-order valence-corrected chi connectivity index (χ4v) is 4.18. The highest BCUT2D eigenvalue weighted by Gasteiger charge is 2.35. The van der Waals surface area contributed by atoms with Gasteiger partial charge < -0.3 is 13.9 Å². The van der Waals surface area contributed by atoms with Crippen LogP contribution in [0.15, 0.2) is 94.9 Å². The van der Waals surface area contributed by atoms with E-state index >= 15 is 0 Å². The molecular weight excluding hydrogens is 522 g/mol. The first kappa shape index (κ1) is 25.4. The molecule has 1 aliphatic rings. The summed E-state index contributed by atoms with van der Waals surface area (Å²) in [6.45, 7) is 0. The number of benzene rings is 3. The van der Waals surface area contributed by atoms with Crippen LogP contribution in [0.1, 0.15) is 5.76 Å². The van der Waals surface area contributed by atoms with Gasteiger partial charge in [0.05, 0.1) is 29.4 Å². The average Bonchev–Trinajstić information content (AvgIpc) is 3.40. The van der Waals surface area contributed by atoms with Crippen LogP contribution >= 0.6 is 12.2 Å². The van der Waals surface area contributed by atoms with Crippen molar-refractivity contribution in [2.24, 2.45) is 0 Å². The molecule has 11 heteroatoms. The van der Waals surface area contributed by atoms with Crippen molar-refractivity contribution in [2.75, 3.05) is 12.0 Å². The highest BCUT2D eigenvalue weighted by atomic mass is 32.1. The second-order valence-corrected chi connectivity index (χ2v) is 8.60. The summed E-state index contributed by atoms with van der Waals surface area (Å²) in [7, 11) is 1.41. The normalized spacial score (nSPS) is 14.3. The molecular formula is C28H19N3O7S. The van der Waals surface area contributed by atoms with Gasteiger partial charge in [0.25, 0.3) is 17.5 Å². The Morgan fingerprint density at radius 3 is 2.33 bits per heavy atom. The fraction of sp³-hybridized carbons (Fsp3) is 0.0357. The maximum Gasteiger partial charge on any atom is 0.284 e. The van der Waals surface area contributed by atoms with E-state index < -0.39 is 16.7 Å². The third kappa shape index (κ3) is 5.24. The molecule has 0 spiro atoms. The van der Waals surface area contributed by atoms with E-state index in [-0.39, 0.29) is 33.5 Å². The lowest BCUT2D eigenvalue weighted by Crippen LogP contribution is -2.54. The van der Waals surface area contributed by atoms with Crippen LogP contribution in [0.25, 0.3) is 17.4 Å². The number of anilines is 1. The van der Waals surface area contributed by atoms with Crippen molar-refractivity contribution in [3.63, 3.8) is 0 Å². The number of rotatable bonds is 7. The Kier molecular flexibility index (Phi) is 6.89. The second kappa shape index (κ2) is 10.6.